The summed E-state index contributed by atoms with van der Waals surface area (Å²) in [7, 11) is -1.46. The molecule has 0 aliphatic rings. The molecule has 0 rings (SSSR count). The van der Waals surface area contributed by atoms with Crippen LogP contribution in [0.25, 0.3) is 0 Å². The lowest BCUT2D eigenvalue weighted by molar-refractivity contribution is 0.421. The Hall–Kier alpha value is -0.795. The fourth-order valence-electron chi connectivity index (χ4n) is 0.335. The fourth-order valence-corrected chi connectivity index (χ4v) is 0.335. The third-order valence-electron chi connectivity index (χ3n) is 0.914. The Kier molecular flexibility index (Phi) is 3.76. The Balaban J connectivity index is 3.90. The molecule has 10 heavy (non-hydrogen) atoms. The highest BCUT2D eigenvalue weighted by Gasteiger charge is 2.07. The zero-order chi connectivity index (χ0) is 8.15. The second-order valence-corrected chi connectivity index (χ2v) is 2.13. The molecule has 0 amide bonds. The van der Waals surface area contributed by atoms with Crippen molar-refractivity contribution in [3.05, 3.63) is 36.4 Å². The van der Waals surface area contributed by atoms with Crippen LogP contribution in [0.5, 0.6) is 0 Å². The third-order valence-corrected chi connectivity index (χ3v) is 0.914. The van der Waals surface area contributed by atoms with Crippen LogP contribution in [0.4, 0.5) is 0 Å². The van der Waals surface area contributed by atoms with E-state index < -0.39 is 7.12 Å². The first-order valence-corrected chi connectivity index (χ1v) is 2.92. The highest BCUT2D eigenvalue weighted by Crippen LogP contribution is 1.97. The highest BCUT2D eigenvalue weighted by molar-refractivity contribution is 6.51. The van der Waals surface area contributed by atoms with Crippen molar-refractivity contribution >= 4 is 7.12 Å². The first-order chi connectivity index (χ1) is 4.54. The zero-order valence-electron chi connectivity index (χ0n) is 6.04. The van der Waals surface area contributed by atoms with Gasteiger partial charge in [-0.2, -0.15) is 0 Å². The molecule has 0 bridgehead atoms. The topological polar surface area (TPSA) is 40.5 Å². The standard InChI is InChI=1S/C7H11BO2/c1-6(2)4-5-7(3)8(9)10/h4-5,9-10H,1,3H2,2H3/b5-4-. The molecule has 2 N–H and O–H groups in total. The maximum absolute atomic E-state index is 8.51. The Morgan fingerprint density at radius 2 is 1.80 bits per heavy atom. The number of allylic oxidation sites excluding steroid dienone is 4. The molecule has 0 radical (unpaired) electrons. The molecule has 0 atom stereocenters. The first kappa shape index (κ1) is 9.20. The number of rotatable bonds is 3. The summed E-state index contributed by atoms with van der Waals surface area (Å²) in [6.07, 6.45) is 3.19. The van der Waals surface area contributed by atoms with Crippen molar-refractivity contribution in [2.24, 2.45) is 0 Å². The van der Waals surface area contributed by atoms with Gasteiger partial charge in [-0.3, -0.25) is 0 Å². The van der Waals surface area contributed by atoms with E-state index in [0.29, 0.717) is 0 Å². The third kappa shape index (κ3) is 4.12. The van der Waals surface area contributed by atoms with E-state index in [1.807, 2.05) is 6.92 Å². The van der Waals surface area contributed by atoms with Crippen LogP contribution in [0.3, 0.4) is 0 Å². The second kappa shape index (κ2) is 4.09. The van der Waals surface area contributed by atoms with Crippen LogP contribution < -0.4 is 0 Å². The van der Waals surface area contributed by atoms with Gasteiger partial charge in [0.05, 0.1) is 0 Å². The summed E-state index contributed by atoms with van der Waals surface area (Å²) >= 11 is 0. The van der Waals surface area contributed by atoms with Crippen LogP contribution in [-0.2, 0) is 0 Å². The minimum Gasteiger partial charge on any atom is -0.423 e. The molecular formula is C7H11BO2. The molecule has 0 fully saturated rings. The molecule has 2 nitrogen and oxygen atoms in total. The van der Waals surface area contributed by atoms with E-state index in [-0.39, 0.29) is 5.47 Å². The van der Waals surface area contributed by atoms with E-state index >= 15 is 0 Å². The molecule has 0 heterocycles. The summed E-state index contributed by atoms with van der Waals surface area (Å²) in [5.41, 5.74) is 1.12. The van der Waals surface area contributed by atoms with Crippen molar-refractivity contribution < 1.29 is 10.0 Å². The van der Waals surface area contributed by atoms with Crippen molar-refractivity contribution in [2.75, 3.05) is 0 Å². The van der Waals surface area contributed by atoms with Crippen molar-refractivity contribution in [2.45, 2.75) is 6.92 Å². The number of hydrogen-bond acceptors (Lipinski definition) is 2. The second-order valence-electron chi connectivity index (χ2n) is 2.13. The van der Waals surface area contributed by atoms with E-state index in [9.17, 15) is 0 Å². The van der Waals surface area contributed by atoms with Crippen molar-refractivity contribution in [3.63, 3.8) is 0 Å². The Morgan fingerprint density at radius 1 is 1.30 bits per heavy atom. The largest absolute Gasteiger partial charge is 0.487 e. The molecule has 0 spiro atoms. The van der Waals surface area contributed by atoms with Gasteiger partial charge in [0, 0.05) is 0 Å². The van der Waals surface area contributed by atoms with Gasteiger partial charge in [0.1, 0.15) is 0 Å². The Bertz CT molecular complexity index is 170. The van der Waals surface area contributed by atoms with Crippen LogP contribution in [-0.4, -0.2) is 17.2 Å². The summed E-state index contributed by atoms with van der Waals surface area (Å²) in [6.45, 7) is 8.81. The van der Waals surface area contributed by atoms with E-state index in [1.165, 1.54) is 6.08 Å². The van der Waals surface area contributed by atoms with Gasteiger partial charge >= 0.3 is 7.12 Å². The van der Waals surface area contributed by atoms with Crippen molar-refractivity contribution in [3.8, 4) is 0 Å². The molecule has 0 aliphatic carbocycles. The average Bonchev–Trinajstić information content (AvgIpc) is 1.82. The molecule has 0 aromatic heterocycles. The first-order valence-electron chi connectivity index (χ1n) is 2.92. The van der Waals surface area contributed by atoms with E-state index in [0.717, 1.165) is 5.57 Å². The Morgan fingerprint density at radius 3 is 2.10 bits per heavy atom. The predicted octanol–water partition coefficient (Wildman–Crippen LogP) is 0.687. The van der Waals surface area contributed by atoms with Crippen molar-refractivity contribution in [1.29, 1.82) is 0 Å². The summed E-state index contributed by atoms with van der Waals surface area (Å²) in [5.74, 6) is 0. The lowest BCUT2D eigenvalue weighted by atomic mass is 9.80. The smallest absolute Gasteiger partial charge is 0.423 e. The van der Waals surface area contributed by atoms with Crippen LogP contribution >= 0.6 is 0 Å². The zero-order valence-corrected chi connectivity index (χ0v) is 6.04. The van der Waals surface area contributed by atoms with Gasteiger partial charge < -0.3 is 10.0 Å². The predicted molar refractivity (Wildman–Crippen MR) is 43.3 cm³/mol. The van der Waals surface area contributed by atoms with E-state index in [2.05, 4.69) is 13.2 Å². The van der Waals surface area contributed by atoms with E-state index in [1.54, 1.807) is 6.08 Å². The molecule has 0 aromatic carbocycles. The maximum atomic E-state index is 8.51. The average molecular weight is 138 g/mol. The number of hydrogen-bond donors (Lipinski definition) is 2. The molecular weight excluding hydrogens is 127 g/mol. The molecule has 0 aromatic rings. The maximum Gasteiger partial charge on any atom is 0.487 e. The van der Waals surface area contributed by atoms with Gasteiger partial charge in [-0.25, -0.2) is 0 Å². The highest BCUT2D eigenvalue weighted by atomic mass is 16.4. The van der Waals surface area contributed by atoms with Crippen LogP contribution in [0.15, 0.2) is 36.4 Å². The van der Waals surface area contributed by atoms with Gasteiger partial charge in [-0.05, 0) is 12.4 Å². The van der Waals surface area contributed by atoms with Gasteiger partial charge in [0.2, 0.25) is 0 Å². The monoisotopic (exact) mass is 138 g/mol. The summed E-state index contributed by atoms with van der Waals surface area (Å²) in [6, 6.07) is 0. The van der Waals surface area contributed by atoms with Crippen molar-refractivity contribution in [1.82, 2.24) is 0 Å². The summed E-state index contributed by atoms with van der Waals surface area (Å²) in [5, 5.41) is 17.0. The minimum absolute atomic E-state index is 0.267. The van der Waals surface area contributed by atoms with Crippen LogP contribution in [0, 0.1) is 0 Å². The van der Waals surface area contributed by atoms with Crippen LogP contribution in [0.2, 0.25) is 0 Å². The fraction of sp³-hybridized carbons (Fsp3) is 0.143. The molecule has 0 aliphatic heterocycles. The molecule has 0 unspecified atom stereocenters. The normalized spacial score (nSPS) is 9.90. The van der Waals surface area contributed by atoms with E-state index in [4.69, 9.17) is 10.0 Å². The Labute approximate surface area is 61.3 Å². The van der Waals surface area contributed by atoms with Gasteiger partial charge in [-0.1, -0.05) is 30.9 Å². The molecule has 3 heteroatoms. The quantitative estimate of drug-likeness (QED) is 0.444. The molecule has 0 saturated carbocycles. The van der Waals surface area contributed by atoms with Gasteiger partial charge in [0.25, 0.3) is 0 Å². The molecule has 54 valence electrons. The lowest BCUT2D eigenvalue weighted by Gasteiger charge is -1.94. The van der Waals surface area contributed by atoms with Gasteiger partial charge in [-0.15, -0.1) is 0 Å². The lowest BCUT2D eigenvalue weighted by Crippen LogP contribution is -2.12. The minimum atomic E-state index is -1.46. The van der Waals surface area contributed by atoms with Crippen LogP contribution in [0.1, 0.15) is 6.92 Å². The summed E-state index contributed by atoms with van der Waals surface area (Å²) < 4.78 is 0. The molecule has 0 saturated heterocycles. The van der Waals surface area contributed by atoms with Gasteiger partial charge in [0.15, 0.2) is 0 Å². The summed E-state index contributed by atoms with van der Waals surface area (Å²) in [4.78, 5) is 0. The SMILES string of the molecule is C=C(C)/C=C\C(=C)B(O)O.